The number of aromatic hydroxyl groups is 1. The summed E-state index contributed by atoms with van der Waals surface area (Å²) in [5.74, 6) is 0.731. The fourth-order valence-corrected chi connectivity index (χ4v) is 2.39. The normalized spacial score (nSPS) is 10.7. The van der Waals surface area contributed by atoms with Gasteiger partial charge in [0, 0.05) is 5.56 Å². The molecule has 0 aliphatic heterocycles. The van der Waals surface area contributed by atoms with E-state index in [2.05, 4.69) is 10.5 Å². The Morgan fingerprint density at radius 3 is 2.62 bits per heavy atom. The number of halogens is 1. The van der Waals surface area contributed by atoms with Gasteiger partial charge in [0.2, 0.25) is 0 Å². The molecular formula is C19H21ClN2O4. The first kappa shape index (κ1) is 19.6. The SMILES string of the molecule is CCCOc1c(Cl)cc(/C=N\NC(=O)c2ccc(O)cc2)cc1OCC. The van der Waals surface area contributed by atoms with Crippen LogP contribution in [0.1, 0.15) is 36.2 Å². The van der Waals surface area contributed by atoms with Gasteiger partial charge in [-0.3, -0.25) is 4.79 Å². The zero-order valence-electron chi connectivity index (χ0n) is 14.7. The van der Waals surface area contributed by atoms with Gasteiger partial charge in [-0.1, -0.05) is 18.5 Å². The molecule has 0 saturated carbocycles. The number of carbonyl (C=O) groups is 1. The Morgan fingerprint density at radius 1 is 1.23 bits per heavy atom. The Morgan fingerprint density at radius 2 is 1.96 bits per heavy atom. The van der Waals surface area contributed by atoms with Crippen LogP contribution in [-0.4, -0.2) is 30.4 Å². The standard InChI is InChI=1S/C19H21ClN2O4/c1-3-9-26-18-16(20)10-13(11-17(18)25-4-2)12-21-22-19(24)14-5-7-15(23)8-6-14/h5-8,10-12,23H,3-4,9H2,1-2H3,(H,22,24)/b21-12-. The van der Waals surface area contributed by atoms with Crippen LogP contribution >= 0.6 is 11.6 Å². The number of nitrogens with zero attached hydrogens (tertiary/aromatic N) is 1. The lowest BCUT2D eigenvalue weighted by atomic mass is 10.2. The summed E-state index contributed by atoms with van der Waals surface area (Å²) in [5, 5.41) is 13.6. The Bertz CT molecular complexity index is 776. The van der Waals surface area contributed by atoms with Gasteiger partial charge in [-0.15, -0.1) is 0 Å². The fraction of sp³-hybridized carbons (Fsp3) is 0.263. The average molecular weight is 377 g/mol. The van der Waals surface area contributed by atoms with Gasteiger partial charge in [-0.2, -0.15) is 5.10 Å². The molecule has 0 radical (unpaired) electrons. The number of hydrogen-bond donors (Lipinski definition) is 2. The second-order valence-electron chi connectivity index (χ2n) is 5.36. The summed E-state index contributed by atoms with van der Waals surface area (Å²) in [4.78, 5) is 12.0. The Labute approximate surface area is 157 Å². The van der Waals surface area contributed by atoms with Crippen molar-refractivity contribution in [1.82, 2.24) is 5.43 Å². The molecule has 0 atom stereocenters. The predicted octanol–water partition coefficient (Wildman–Crippen LogP) is 4.00. The number of hydrazone groups is 1. The molecule has 138 valence electrons. The second-order valence-corrected chi connectivity index (χ2v) is 5.76. The molecule has 0 aliphatic rings. The molecule has 0 saturated heterocycles. The number of rotatable bonds is 8. The van der Waals surface area contributed by atoms with Crippen LogP contribution in [0.25, 0.3) is 0 Å². The van der Waals surface area contributed by atoms with E-state index in [1.165, 1.54) is 30.5 Å². The lowest BCUT2D eigenvalue weighted by Crippen LogP contribution is -2.17. The molecule has 7 heteroatoms. The molecule has 2 aromatic rings. The quantitative estimate of drug-likeness (QED) is 0.539. The zero-order chi connectivity index (χ0) is 18.9. The lowest BCUT2D eigenvalue weighted by Gasteiger charge is -2.13. The molecule has 0 unspecified atom stereocenters. The lowest BCUT2D eigenvalue weighted by molar-refractivity contribution is 0.0955. The number of phenols is 1. The van der Waals surface area contributed by atoms with Crippen LogP contribution in [0.2, 0.25) is 5.02 Å². The van der Waals surface area contributed by atoms with Crippen molar-refractivity contribution in [1.29, 1.82) is 0 Å². The molecule has 0 spiro atoms. The molecule has 1 amide bonds. The van der Waals surface area contributed by atoms with Crippen molar-refractivity contribution in [3.8, 4) is 17.2 Å². The summed E-state index contributed by atoms with van der Waals surface area (Å²) in [6.07, 6.45) is 2.32. The first-order chi connectivity index (χ1) is 12.5. The highest BCUT2D eigenvalue weighted by molar-refractivity contribution is 6.32. The number of ether oxygens (including phenoxy) is 2. The molecule has 0 heterocycles. The minimum absolute atomic E-state index is 0.0912. The second kappa shape index (κ2) is 9.68. The van der Waals surface area contributed by atoms with E-state index in [-0.39, 0.29) is 11.7 Å². The summed E-state index contributed by atoms with van der Waals surface area (Å²) < 4.78 is 11.2. The van der Waals surface area contributed by atoms with Crippen molar-refractivity contribution >= 4 is 23.7 Å². The number of benzene rings is 2. The van der Waals surface area contributed by atoms with E-state index in [4.69, 9.17) is 21.1 Å². The van der Waals surface area contributed by atoms with Crippen LogP contribution in [0, 0.1) is 0 Å². The van der Waals surface area contributed by atoms with Gasteiger partial charge in [0.15, 0.2) is 11.5 Å². The number of nitrogens with one attached hydrogen (secondary N) is 1. The van der Waals surface area contributed by atoms with Crippen molar-refractivity contribution in [3.05, 3.63) is 52.5 Å². The molecule has 6 nitrogen and oxygen atoms in total. The van der Waals surface area contributed by atoms with Gasteiger partial charge in [0.1, 0.15) is 5.75 Å². The van der Waals surface area contributed by atoms with Gasteiger partial charge in [0.25, 0.3) is 5.91 Å². The van der Waals surface area contributed by atoms with E-state index in [9.17, 15) is 9.90 Å². The largest absolute Gasteiger partial charge is 0.508 e. The van der Waals surface area contributed by atoms with Crippen LogP contribution < -0.4 is 14.9 Å². The first-order valence-corrected chi connectivity index (χ1v) is 8.64. The highest BCUT2D eigenvalue weighted by Crippen LogP contribution is 2.36. The third-order valence-electron chi connectivity index (χ3n) is 3.29. The maximum atomic E-state index is 12.0. The fourth-order valence-electron chi connectivity index (χ4n) is 2.11. The summed E-state index contributed by atoms with van der Waals surface area (Å²) in [6.45, 7) is 4.88. The van der Waals surface area contributed by atoms with E-state index in [0.717, 1.165) is 6.42 Å². The Balaban J connectivity index is 2.11. The third-order valence-corrected chi connectivity index (χ3v) is 3.57. The smallest absolute Gasteiger partial charge is 0.271 e. The monoisotopic (exact) mass is 376 g/mol. The van der Waals surface area contributed by atoms with Crippen LogP contribution in [-0.2, 0) is 0 Å². The number of carbonyl (C=O) groups excluding carboxylic acids is 1. The topological polar surface area (TPSA) is 80.2 Å². The number of hydrogen-bond acceptors (Lipinski definition) is 5. The molecule has 0 bridgehead atoms. The van der Waals surface area contributed by atoms with Gasteiger partial charge in [-0.05, 0) is 55.3 Å². The first-order valence-electron chi connectivity index (χ1n) is 8.26. The van der Waals surface area contributed by atoms with Crippen LogP contribution in [0.15, 0.2) is 41.5 Å². The van der Waals surface area contributed by atoms with E-state index < -0.39 is 0 Å². The minimum Gasteiger partial charge on any atom is -0.508 e. The number of amides is 1. The minimum atomic E-state index is -0.389. The molecular weight excluding hydrogens is 356 g/mol. The molecule has 0 fully saturated rings. The van der Waals surface area contributed by atoms with Crippen molar-refractivity contribution in [2.24, 2.45) is 5.10 Å². The van der Waals surface area contributed by atoms with Gasteiger partial charge in [0.05, 0.1) is 24.5 Å². The van der Waals surface area contributed by atoms with Crippen LogP contribution in [0.4, 0.5) is 0 Å². The van der Waals surface area contributed by atoms with Crippen LogP contribution in [0.3, 0.4) is 0 Å². The third kappa shape index (κ3) is 5.39. The van der Waals surface area contributed by atoms with E-state index in [1.807, 2.05) is 13.8 Å². The van der Waals surface area contributed by atoms with Gasteiger partial charge in [-0.25, -0.2) is 5.43 Å². The van der Waals surface area contributed by atoms with E-state index in [1.54, 1.807) is 12.1 Å². The summed E-state index contributed by atoms with van der Waals surface area (Å²) in [5.41, 5.74) is 3.47. The number of phenolic OH excluding ortho intramolecular Hbond substituents is 1. The average Bonchev–Trinajstić information content (AvgIpc) is 2.62. The Kier molecular flexibility index (Phi) is 7.29. The van der Waals surface area contributed by atoms with Crippen molar-refractivity contribution in [2.75, 3.05) is 13.2 Å². The molecule has 2 N–H and O–H groups in total. The van der Waals surface area contributed by atoms with Crippen molar-refractivity contribution in [2.45, 2.75) is 20.3 Å². The molecule has 2 aromatic carbocycles. The zero-order valence-corrected chi connectivity index (χ0v) is 15.4. The van der Waals surface area contributed by atoms with Crippen LogP contribution in [0.5, 0.6) is 17.2 Å². The Hall–Kier alpha value is -2.73. The summed E-state index contributed by atoms with van der Waals surface area (Å²) in [6, 6.07) is 9.31. The maximum absolute atomic E-state index is 12.0. The molecule has 2 rings (SSSR count). The van der Waals surface area contributed by atoms with E-state index >= 15 is 0 Å². The predicted molar refractivity (Wildman–Crippen MR) is 102 cm³/mol. The van der Waals surface area contributed by atoms with E-state index in [0.29, 0.717) is 40.9 Å². The summed E-state index contributed by atoms with van der Waals surface area (Å²) >= 11 is 6.28. The maximum Gasteiger partial charge on any atom is 0.271 e. The highest BCUT2D eigenvalue weighted by atomic mass is 35.5. The molecule has 0 aromatic heterocycles. The summed E-state index contributed by atoms with van der Waals surface area (Å²) in [7, 11) is 0. The van der Waals surface area contributed by atoms with Crippen molar-refractivity contribution in [3.63, 3.8) is 0 Å². The van der Waals surface area contributed by atoms with Gasteiger partial charge < -0.3 is 14.6 Å². The molecule has 0 aliphatic carbocycles. The molecule has 26 heavy (non-hydrogen) atoms. The van der Waals surface area contributed by atoms with Crippen molar-refractivity contribution < 1.29 is 19.4 Å². The highest BCUT2D eigenvalue weighted by Gasteiger charge is 2.12. The van der Waals surface area contributed by atoms with Gasteiger partial charge >= 0.3 is 0 Å².